The van der Waals surface area contributed by atoms with Gasteiger partial charge in [0.15, 0.2) is 0 Å². The summed E-state index contributed by atoms with van der Waals surface area (Å²) in [5.41, 5.74) is 2.61. The van der Waals surface area contributed by atoms with E-state index in [9.17, 15) is 18.0 Å². The number of likely N-dealkylation sites (tertiary alicyclic amines) is 1. The van der Waals surface area contributed by atoms with Crippen LogP contribution in [0.1, 0.15) is 36.8 Å². The van der Waals surface area contributed by atoms with Crippen molar-refractivity contribution in [2.24, 2.45) is 11.8 Å². The van der Waals surface area contributed by atoms with E-state index in [1.165, 1.54) is 11.1 Å². The van der Waals surface area contributed by atoms with Crippen LogP contribution in [0, 0.1) is 11.8 Å². The zero-order valence-electron chi connectivity index (χ0n) is 13.1. The lowest BCUT2D eigenvalue weighted by Gasteiger charge is -2.23. The third-order valence-corrected chi connectivity index (χ3v) is 5.11. The Morgan fingerprint density at radius 2 is 1.70 bits per heavy atom. The van der Waals surface area contributed by atoms with Gasteiger partial charge in [0.1, 0.15) is 0 Å². The molecular weight excluding hydrogens is 303 g/mol. The molecule has 1 aliphatic heterocycles. The van der Waals surface area contributed by atoms with Gasteiger partial charge in [0, 0.05) is 25.4 Å². The van der Waals surface area contributed by atoms with E-state index >= 15 is 0 Å². The maximum atomic E-state index is 12.7. The van der Waals surface area contributed by atoms with Crippen molar-refractivity contribution in [3.05, 3.63) is 35.4 Å². The Hall–Kier alpha value is -1.52. The fourth-order valence-corrected chi connectivity index (χ4v) is 3.88. The second-order valence-corrected chi connectivity index (χ2v) is 6.80. The van der Waals surface area contributed by atoms with E-state index in [-0.39, 0.29) is 18.4 Å². The summed E-state index contributed by atoms with van der Waals surface area (Å²) in [6, 6.07) is 8.25. The number of nitrogens with zero attached hydrogens (tertiary/aromatic N) is 1. The molecule has 0 spiro atoms. The Kier molecular flexibility index (Phi) is 4.64. The lowest BCUT2D eigenvalue weighted by molar-refractivity contribution is -0.145. The molecule has 2 aliphatic rings. The molecule has 5 heteroatoms. The van der Waals surface area contributed by atoms with Crippen molar-refractivity contribution in [2.75, 3.05) is 13.1 Å². The van der Waals surface area contributed by atoms with Gasteiger partial charge >= 0.3 is 6.18 Å². The van der Waals surface area contributed by atoms with Crippen LogP contribution in [0.4, 0.5) is 13.2 Å². The molecular formula is C18H22F3NO. The molecule has 0 aromatic heterocycles. The molecule has 0 saturated carbocycles. The molecule has 1 aromatic carbocycles. The maximum Gasteiger partial charge on any atom is 0.389 e. The molecule has 126 valence electrons. The minimum atomic E-state index is -4.13. The standard InChI is InChI=1S/C18H22F3NO/c19-18(20,21)11-13-9-10-22(12-13)17(23)16-7-5-14-3-1-2-4-15(14)6-8-16/h1-4,13,16H,5-12H2. The van der Waals surface area contributed by atoms with Crippen LogP contribution in [-0.2, 0) is 17.6 Å². The van der Waals surface area contributed by atoms with E-state index < -0.39 is 18.5 Å². The Labute approximate surface area is 134 Å². The van der Waals surface area contributed by atoms with Crippen molar-refractivity contribution in [3.63, 3.8) is 0 Å². The molecule has 0 radical (unpaired) electrons. The summed E-state index contributed by atoms with van der Waals surface area (Å²) < 4.78 is 37.5. The van der Waals surface area contributed by atoms with Gasteiger partial charge in [0.2, 0.25) is 5.91 Å². The van der Waals surface area contributed by atoms with Crippen LogP contribution < -0.4 is 0 Å². The van der Waals surface area contributed by atoms with E-state index in [2.05, 4.69) is 12.1 Å². The number of rotatable bonds is 2. The van der Waals surface area contributed by atoms with Gasteiger partial charge in [-0.2, -0.15) is 13.2 Å². The smallest absolute Gasteiger partial charge is 0.342 e. The summed E-state index contributed by atoms with van der Waals surface area (Å²) in [7, 11) is 0. The average Bonchev–Trinajstić information content (AvgIpc) is 2.83. The van der Waals surface area contributed by atoms with Crippen molar-refractivity contribution in [3.8, 4) is 0 Å². The first kappa shape index (κ1) is 16.3. The Morgan fingerprint density at radius 3 is 2.26 bits per heavy atom. The largest absolute Gasteiger partial charge is 0.389 e. The first-order valence-electron chi connectivity index (χ1n) is 8.35. The normalized spacial score (nSPS) is 22.7. The highest BCUT2D eigenvalue weighted by Crippen LogP contribution is 2.32. The van der Waals surface area contributed by atoms with Gasteiger partial charge in [-0.05, 0) is 49.1 Å². The van der Waals surface area contributed by atoms with Gasteiger partial charge in [0.25, 0.3) is 0 Å². The van der Waals surface area contributed by atoms with Crippen LogP contribution >= 0.6 is 0 Å². The van der Waals surface area contributed by atoms with Gasteiger partial charge in [-0.3, -0.25) is 4.79 Å². The van der Waals surface area contributed by atoms with E-state index in [4.69, 9.17) is 0 Å². The first-order chi connectivity index (χ1) is 10.9. The monoisotopic (exact) mass is 325 g/mol. The summed E-state index contributed by atoms with van der Waals surface area (Å²) in [6.45, 7) is 0.741. The summed E-state index contributed by atoms with van der Waals surface area (Å²) in [4.78, 5) is 14.3. The highest BCUT2D eigenvalue weighted by molar-refractivity contribution is 5.79. The van der Waals surface area contributed by atoms with E-state index in [0.717, 1.165) is 25.7 Å². The lowest BCUT2D eigenvalue weighted by atomic mass is 9.98. The first-order valence-corrected chi connectivity index (χ1v) is 8.35. The molecule has 1 fully saturated rings. The van der Waals surface area contributed by atoms with E-state index in [1.54, 1.807) is 4.90 Å². The molecule has 1 saturated heterocycles. The quantitative estimate of drug-likeness (QED) is 0.753. The highest BCUT2D eigenvalue weighted by Gasteiger charge is 2.37. The molecule has 3 rings (SSSR count). The molecule has 23 heavy (non-hydrogen) atoms. The van der Waals surface area contributed by atoms with Crippen molar-refractivity contribution in [1.29, 1.82) is 0 Å². The number of fused-ring (bicyclic) bond motifs is 1. The van der Waals surface area contributed by atoms with Crippen LogP contribution in [-0.4, -0.2) is 30.1 Å². The number of halogens is 3. The topological polar surface area (TPSA) is 20.3 Å². The van der Waals surface area contributed by atoms with Gasteiger partial charge < -0.3 is 4.90 Å². The van der Waals surface area contributed by atoms with Crippen LogP contribution in [0.3, 0.4) is 0 Å². The third-order valence-electron chi connectivity index (χ3n) is 5.11. The Morgan fingerprint density at radius 1 is 1.09 bits per heavy atom. The molecule has 0 N–H and O–H groups in total. The molecule has 2 nitrogen and oxygen atoms in total. The summed E-state index contributed by atoms with van der Waals surface area (Å²) in [6.07, 6.45) is -1.07. The van der Waals surface area contributed by atoms with Crippen LogP contribution in [0.2, 0.25) is 0 Å². The molecule has 1 unspecified atom stereocenters. The second-order valence-electron chi connectivity index (χ2n) is 6.80. The minimum absolute atomic E-state index is 0.0490. The number of aryl methyl sites for hydroxylation is 2. The van der Waals surface area contributed by atoms with Gasteiger partial charge in [0.05, 0.1) is 0 Å². The molecule has 1 aromatic rings. The van der Waals surface area contributed by atoms with Crippen LogP contribution in [0.15, 0.2) is 24.3 Å². The van der Waals surface area contributed by atoms with Crippen LogP contribution in [0.25, 0.3) is 0 Å². The van der Waals surface area contributed by atoms with Gasteiger partial charge in [-0.1, -0.05) is 24.3 Å². The second kappa shape index (κ2) is 6.54. The summed E-state index contributed by atoms with van der Waals surface area (Å²) in [5, 5.41) is 0. The zero-order valence-corrected chi connectivity index (χ0v) is 13.1. The molecule has 1 atom stereocenters. The van der Waals surface area contributed by atoms with E-state index in [0.29, 0.717) is 13.0 Å². The number of hydrogen-bond donors (Lipinski definition) is 0. The molecule has 1 aliphatic carbocycles. The number of amides is 1. The highest BCUT2D eigenvalue weighted by atomic mass is 19.4. The molecule has 0 bridgehead atoms. The Bertz CT molecular complexity index is 543. The summed E-state index contributed by atoms with van der Waals surface area (Å²) in [5.74, 6) is -0.420. The maximum absolute atomic E-state index is 12.7. The fraction of sp³-hybridized carbons (Fsp3) is 0.611. The Balaban J connectivity index is 1.57. The number of alkyl halides is 3. The lowest BCUT2D eigenvalue weighted by Crippen LogP contribution is -2.35. The van der Waals surface area contributed by atoms with Crippen molar-refractivity contribution in [2.45, 2.75) is 44.7 Å². The SMILES string of the molecule is O=C(C1CCc2ccccc2CC1)N1CCC(CC(F)(F)F)C1. The average molecular weight is 325 g/mol. The van der Waals surface area contributed by atoms with Crippen molar-refractivity contribution >= 4 is 5.91 Å². The van der Waals surface area contributed by atoms with Gasteiger partial charge in [-0.15, -0.1) is 0 Å². The number of carbonyl (C=O) groups is 1. The number of benzene rings is 1. The van der Waals surface area contributed by atoms with Crippen molar-refractivity contribution < 1.29 is 18.0 Å². The number of carbonyl (C=O) groups excluding carboxylic acids is 1. The zero-order chi connectivity index (χ0) is 16.4. The summed E-state index contributed by atoms with van der Waals surface area (Å²) >= 11 is 0. The van der Waals surface area contributed by atoms with Gasteiger partial charge in [-0.25, -0.2) is 0 Å². The van der Waals surface area contributed by atoms with Crippen molar-refractivity contribution in [1.82, 2.24) is 4.90 Å². The predicted molar refractivity (Wildman–Crippen MR) is 81.9 cm³/mol. The molecule has 1 heterocycles. The number of hydrogen-bond acceptors (Lipinski definition) is 1. The molecule has 1 amide bonds. The minimum Gasteiger partial charge on any atom is -0.342 e. The van der Waals surface area contributed by atoms with E-state index in [1.807, 2.05) is 12.1 Å². The predicted octanol–water partition coefficient (Wildman–Crippen LogP) is 3.98. The fourth-order valence-electron chi connectivity index (χ4n) is 3.88. The van der Waals surface area contributed by atoms with Crippen LogP contribution in [0.5, 0.6) is 0 Å². The third kappa shape index (κ3) is 4.06.